The summed E-state index contributed by atoms with van der Waals surface area (Å²) in [7, 11) is -3.37. The van der Waals surface area contributed by atoms with Gasteiger partial charge >= 0.3 is 6.09 Å². The van der Waals surface area contributed by atoms with Gasteiger partial charge in [0.1, 0.15) is 11.5 Å². The molecule has 156 valence electrons. The fourth-order valence-electron chi connectivity index (χ4n) is 2.59. The van der Waals surface area contributed by atoms with Gasteiger partial charge in [-0.25, -0.2) is 13.2 Å². The van der Waals surface area contributed by atoms with Crippen LogP contribution < -0.4 is 10.5 Å². The molecule has 1 unspecified atom stereocenters. The number of aromatic nitrogens is 2. The van der Waals surface area contributed by atoms with Gasteiger partial charge < -0.3 is 24.5 Å². The van der Waals surface area contributed by atoms with Gasteiger partial charge in [-0.3, -0.25) is 0 Å². The van der Waals surface area contributed by atoms with Gasteiger partial charge in [0.2, 0.25) is 5.82 Å². The number of hydrogen-bond acceptors (Lipinski definition) is 9. The highest BCUT2D eigenvalue weighted by Gasteiger charge is 2.30. The highest BCUT2D eigenvalue weighted by Crippen LogP contribution is 2.26. The topological polar surface area (TPSA) is 147 Å². The molecule has 30 heavy (non-hydrogen) atoms. The lowest BCUT2D eigenvalue weighted by atomic mass is 10.2. The van der Waals surface area contributed by atoms with Crippen molar-refractivity contribution in [1.82, 2.24) is 10.1 Å². The molecule has 1 amide bonds. The SMILES string of the molecule is NC(=O)OCc1nc(-c2ccc(Oc3ccc(S(=O)(=O)CC4CO4)cc3)cc2)no1. The molecule has 1 aromatic heterocycles. The van der Waals surface area contributed by atoms with Crippen molar-refractivity contribution in [3.05, 3.63) is 54.4 Å². The second-order valence-corrected chi connectivity index (χ2v) is 8.49. The maximum atomic E-state index is 12.2. The Balaban J connectivity index is 1.39. The van der Waals surface area contributed by atoms with Crippen molar-refractivity contribution < 1.29 is 31.9 Å². The molecule has 10 nitrogen and oxygen atoms in total. The number of primary amides is 1. The van der Waals surface area contributed by atoms with Gasteiger partial charge in [-0.15, -0.1) is 0 Å². The van der Waals surface area contributed by atoms with Crippen LogP contribution in [0.1, 0.15) is 5.89 Å². The third-order valence-corrected chi connectivity index (χ3v) is 5.95. The van der Waals surface area contributed by atoms with Gasteiger partial charge in [0, 0.05) is 5.56 Å². The average molecular weight is 431 g/mol. The lowest BCUT2D eigenvalue weighted by Gasteiger charge is -2.07. The number of carbonyl (C=O) groups is 1. The van der Waals surface area contributed by atoms with Gasteiger partial charge in [-0.2, -0.15) is 4.98 Å². The van der Waals surface area contributed by atoms with Crippen LogP contribution in [-0.4, -0.2) is 43.1 Å². The first-order valence-corrected chi connectivity index (χ1v) is 10.5. The summed E-state index contributed by atoms with van der Waals surface area (Å²) in [6, 6.07) is 13.1. The maximum Gasteiger partial charge on any atom is 0.405 e. The molecule has 0 saturated carbocycles. The molecule has 1 aliphatic rings. The molecule has 2 heterocycles. The fraction of sp³-hybridized carbons (Fsp3) is 0.211. The Kier molecular flexibility index (Phi) is 5.38. The van der Waals surface area contributed by atoms with Crippen molar-refractivity contribution in [3.63, 3.8) is 0 Å². The first-order chi connectivity index (χ1) is 14.4. The monoisotopic (exact) mass is 431 g/mol. The number of hydrogen-bond donors (Lipinski definition) is 1. The Morgan fingerprint density at radius 2 is 1.73 bits per heavy atom. The molecule has 0 aliphatic carbocycles. The van der Waals surface area contributed by atoms with E-state index in [4.69, 9.17) is 19.7 Å². The summed E-state index contributed by atoms with van der Waals surface area (Å²) in [5, 5.41) is 3.81. The minimum Gasteiger partial charge on any atom is -0.457 e. The van der Waals surface area contributed by atoms with E-state index in [0.717, 1.165) is 0 Å². The van der Waals surface area contributed by atoms with Crippen LogP contribution in [0.4, 0.5) is 4.79 Å². The van der Waals surface area contributed by atoms with Gasteiger partial charge in [0.05, 0.1) is 23.4 Å². The van der Waals surface area contributed by atoms with E-state index in [-0.39, 0.29) is 29.2 Å². The molecular weight excluding hydrogens is 414 g/mol. The minimum absolute atomic E-state index is 0.0128. The van der Waals surface area contributed by atoms with Crippen molar-refractivity contribution >= 4 is 15.9 Å². The Hall–Kier alpha value is -3.44. The van der Waals surface area contributed by atoms with Crippen LogP contribution in [0, 0.1) is 0 Å². The number of amides is 1. The van der Waals surface area contributed by atoms with Crippen LogP contribution in [0.25, 0.3) is 11.4 Å². The van der Waals surface area contributed by atoms with E-state index in [1.54, 1.807) is 36.4 Å². The fourth-order valence-corrected chi connectivity index (χ4v) is 4.02. The zero-order valence-electron chi connectivity index (χ0n) is 15.6. The Morgan fingerprint density at radius 1 is 1.10 bits per heavy atom. The summed E-state index contributed by atoms with van der Waals surface area (Å²) in [5.74, 6) is 1.46. The largest absolute Gasteiger partial charge is 0.457 e. The molecule has 2 N–H and O–H groups in total. The lowest BCUT2D eigenvalue weighted by molar-refractivity contribution is 0.135. The number of epoxide rings is 1. The smallest absolute Gasteiger partial charge is 0.405 e. The molecular formula is C19H17N3O7S. The van der Waals surface area contributed by atoms with Crippen molar-refractivity contribution in [2.24, 2.45) is 5.73 Å². The molecule has 1 aliphatic heterocycles. The highest BCUT2D eigenvalue weighted by atomic mass is 32.2. The number of sulfone groups is 1. The molecule has 0 spiro atoms. The molecule has 4 rings (SSSR count). The molecule has 11 heteroatoms. The van der Waals surface area contributed by atoms with Crippen molar-refractivity contribution in [3.8, 4) is 22.9 Å². The molecule has 0 bridgehead atoms. The summed E-state index contributed by atoms with van der Waals surface area (Å²) < 4.78 is 44.8. The summed E-state index contributed by atoms with van der Waals surface area (Å²) >= 11 is 0. The van der Waals surface area contributed by atoms with Crippen LogP contribution in [0.15, 0.2) is 57.9 Å². The van der Waals surface area contributed by atoms with Crippen molar-refractivity contribution in [1.29, 1.82) is 0 Å². The third-order valence-electron chi connectivity index (χ3n) is 4.14. The predicted molar refractivity (Wildman–Crippen MR) is 102 cm³/mol. The summed E-state index contributed by atoms with van der Waals surface area (Å²) in [4.78, 5) is 14.9. The van der Waals surface area contributed by atoms with Crippen molar-refractivity contribution in [2.45, 2.75) is 17.6 Å². The average Bonchev–Trinajstić information content (AvgIpc) is 3.39. The summed E-state index contributed by atoms with van der Waals surface area (Å²) in [6.45, 7) is 0.283. The van der Waals surface area contributed by atoms with Gasteiger partial charge in [-0.1, -0.05) is 5.16 Å². The van der Waals surface area contributed by atoms with E-state index in [2.05, 4.69) is 14.9 Å². The van der Waals surface area contributed by atoms with Crippen LogP contribution >= 0.6 is 0 Å². The number of nitrogens with zero attached hydrogens (tertiary/aromatic N) is 2. The maximum absolute atomic E-state index is 12.2. The summed E-state index contributed by atoms with van der Waals surface area (Å²) in [5.41, 5.74) is 5.56. The minimum atomic E-state index is -3.37. The van der Waals surface area contributed by atoms with Crippen molar-refractivity contribution in [2.75, 3.05) is 12.4 Å². The van der Waals surface area contributed by atoms with E-state index in [9.17, 15) is 13.2 Å². The standard InChI is InChI=1S/C19H17N3O7S/c20-19(23)27-10-17-21-18(22-29-17)12-1-3-13(4-2-12)28-14-5-7-16(8-6-14)30(24,25)11-15-9-26-15/h1-8,15H,9-11H2,(H2,20,23). The second-order valence-electron chi connectivity index (χ2n) is 6.45. The molecule has 1 fully saturated rings. The Morgan fingerprint density at radius 3 is 2.33 bits per heavy atom. The van der Waals surface area contributed by atoms with Crippen LogP contribution in [0.3, 0.4) is 0 Å². The van der Waals surface area contributed by atoms with E-state index < -0.39 is 15.9 Å². The Bertz CT molecular complexity index is 1140. The second kappa shape index (κ2) is 8.13. The predicted octanol–water partition coefficient (Wildman–Crippen LogP) is 2.30. The highest BCUT2D eigenvalue weighted by molar-refractivity contribution is 7.91. The van der Waals surface area contributed by atoms with Crippen LogP contribution in [0.2, 0.25) is 0 Å². The number of benzene rings is 2. The van der Waals surface area contributed by atoms with E-state index in [1.165, 1.54) is 12.1 Å². The Labute approximate surface area is 171 Å². The zero-order valence-corrected chi connectivity index (χ0v) is 16.4. The van der Waals surface area contributed by atoms with Gasteiger partial charge in [0.15, 0.2) is 16.4 Å². The molecule has 2 aromatic carbocycles. The zero-order chi connectivity index (χ0) is 21.1. The quantitative estimate of drug-likeness (QED) is 0.530. The number of nitrogens with two attached hydrogens (primary N) is 1. The van der Waals surface area contributed by atoms with E-state index in [0.29, 0.717) is 29.5 Å². The van der Waals surface area contributed by atoms with Gasteiger partial charge in [0.25, 0.3) is 5.89 Å². The van der Waals surface area contributed by atoms with E-state index in [1.807, 2.05) is 0 Å². The number of rotatable bonds is 8. The van der Waals surface area contributed by atoms with E-state index >= 15 is 0 Å². The lowest BCUT2D eigenvalue weighted by Crippen LogP contribution is -2.12. The van der Waals surface area contributed by atoms with Gasteiger partial charge in [-0.05, 0) is 48.5 Å². The molecule has 3 aromatic rings. The third kappa shape index (κ3) is 4.93. The molecule has 0 radical (unpaired) electrons. The van der Waals surface area contributed by atoms with Crippen LogP contribution in [-0.2, 0) is 25.9 Å². The molecule has 1 saturated heterocycles. The first-order valence-electron chi connectivity index (χ1n) is 8.86. The summed E-state index contributed by atoms with van der Waals surface area (Å²) in [6.07, 6.45) is -1.13. The molecule has 1 atom stereocenters. The number of carbonyl (C=O) groups excluding carboxylic acids is 1. The normalized spacial score (nSPS) is 15.5. The van der Waals surface area contributed by atoms with Crippen LogP contribution in [0.5, 0.6) is 11.5 Å². The number of ether oxygens (including phenoxy) is 3. The first kappa shape index (κ1) is 19.9.